The summed E-state index contributed by atoms with van der Waals surface area (Å²) in [5.41, 5.74) is 2.59. The van der Waals surface area contributed by atoms with Crippen molar-refractivity contribution in [2.75, 3.05) is 18.8 Å². The fourth-order valence-corrected chi connectivity index (χ4v) is 4.51. The fourth-order valence-electron chi connectivity index (χ4n) is 3.54. The van der Waals surface area contributed by atoms with Gasteiger partial charge in [0.15, 0.2) is 6.10 Å². The quantitative estimate of drug-likeness (QED) is 0.684. The number of esters is 1. The Morgan fingerprint density at radius 2 is 1.90 bits per heavy atom. The first-order valence-corrected chi connectivity index (χ1v) is 11.0. The molecule has 3 aliphatic rings. The highest BCUT2D eigenvalue weighted by molar-refractivity contribution is 7.90. The summed E-state index contributed by atoms with van der Waals surface area (Å²) in [7, 11) is -3.46. The van der Waals surface area contributed by atoms with Crippen LogP contribution in [0.25, 0.3) is 0 Å². The Hall–Kier alpha value is -2.94. The number of amides is 1. The molecule has 3 heterocycles. The van der Waals surface area contributed by atoms with Gasteiger partial charge in [-0.15, -0.1) is 4.40 Å². The van der Waals surface area contributed by atoms with Crippen LogP contribution in [0.5, 0.6) is 0 Å². The van der Waals surface area contributed by atoms with E-state index in [0.29, 0.717) is 13.1 Å². The minimum atomic E-state index is -3.46. The number of nitrogens with zero attached hydrogens (tertiary/aromatic N) is 3. The smallest absolute Gasteiger partial charge is 0.340 e. The molecule has 1 aromatic rings. The predicted molar refractivity (Wildman–Crippen MR) is 106 cm³/mol. The molecule has 0 saturated heterocycles. The van der Waals surface area contributed by atoms with E-state index in [1.807, 2.05) is 18.2 Å². The number of benzene rings is 1. The minimum Gasteiger partial charge on any atom is -0.449 e. The van der Waals surface area contributed by atoms with E-state index < -0.39 is 22.1 Å². The Bertz CT molecular complexity index is 1060. The van der Waals surface area contributed by atoms with Gasteiger partial charge in [-0.25, -0.2) is 13.2 Å². The lowest BCUT2D eigenvalue weighted by atomic mass is 9.99. The Balaban J connectivity index is 1.40. The van der Waals surface area contributed by atoms with Crippen LogP contribution in [-0.2, 0) is 37.3 Å². The van der Waals surface area contributed by atoms with E-state index in [4.69, 9.17) is 4.74 Å². The van der Waals surface area contributed by atoms with Gasteiger partial charge in [-0.1, -0.05) is 24.3 Å². The summed E-state index contributed by atoms with van der Waals surface area (Å²) in [6, 6.07) is 7.99. The number of hydrogen-bond acceptors (Lipinski definition) is 6. The lowest BCUT2D eigenvalue weighted by molar-refractivity contribution is -0.156. The zero-order chi connectivity index (χ0) is 20.6. The van der Waals surface area contributed by atoms with E-state index in [2.05, 4.69) is 10.5 Å². The molecule has 1 aromatic carbocycles. The maximum absolute atomic E-state index is 12.7. The molecule has 0 saturated carbocycles. The van der Waals surface area contributed by atoms with Crippen LogP contribution in [0.15, 0.2) is 52.6 Å². The molecular formula is C20H21N3O5S. The van der Waals surface area contributed by atoms with Crippen LogP contribution in [0.3, 0.4) is 0 Å². The average Bonchev–Trinajstić information content (AvgIpc) is 2.71. The van der Waals surface area contributed by atoms with E-state index in [0.717, 1.165) is 12.0 Å². The van der Waals surface area contributed by atoms with Crippen molar-refractivity contribution in [3.63, 3.8) is 0 Å². The molecule has 3 aliphatic heterocycles. The first-order valence-electron chi connectivity index (χ1n) is 9.38. The lowest BCUT2D eigenvalue weighted by Crippen LogP contribution is -2.43. The minimum absolute atomic E-state index is 0.117. The fraction of sp³-hybridized carbons (Fsp3) is 0.350. The van der Waals surface area contributed by atoms with Crippen LogP contribution in [-0.4, -0.2) is 60.9 Å². The van der Waals surface area contributed by atoms with Crippen LogP contribution in [0, 0.1) is 0 Å². The summed E-state index contributed by atoms with van der Waals surface area (Å²) >= 11 is 0. The van der Waals surface area contributed by atoms with Crippen LogP contribution in [0.1, 0.15) is 18.1 Å². The van der Waals surface area contributed by atoms with Gasteiger partial charge in [-0.05, 0) is 36.6 Å². The number of sulfonamides is 1. The molecule has 8 nitrogen and oxygen atoms in total. The topological polar surface area (TPSA) is 96.3 Å². The molecule has 0 radical (unpaired) electrons. The largest absolute Gasteiger partial charge is 0.449 e. The third-order valence-electron chi connectivity index (χ3n) is 5.13. The molecule has 0 unspecified atom stereocenters. The molecule has 0 fully saturated rings. The molecule has 1 atom stereocenters. The molecular weight excluding hydrogens is 394 g/mol. The van der Waals surface area contributed by atoms with Crippen molar-refractivity contribution in [2.45, 2.75) is 26.0 Å². The molecule has 0 bridgehead atoms. The van der Waals surface area contributed by atoms with Crippen LogP contribution in [0.4, 0.5) is 0 Å². The molecule has 1 amide bonds. The molecule has 0 aromatic heterocycles. The first kappa shape index (κ1) is 19.4. The van der Waals surface area contributed by atoms with Gasteiger partial charge < -0.3 is 14.5 Å². The Kier molecular flexibility index (Phi) is 4.99. The van der Waals surface area contributed by atoms with Crippen molar-refractivity contribution in [1.29, 1.82) is 0 Å². The molecule has 0 spiro atoms. The van der Waals surface area contributed by atoms with E-state index in [9.17, 15) is 18.0 Å². The van der Waals surface area contributed by atoms with Crippen molar-refractivity contribution < 1.29 is 22.7 Å². The summed E-state index contributed by atoms with van der Waals surface area (Å²) in [6.45, 7) is 2.86. The van der Waals surface area contributed by atoms with Gasteiger partial charge in [0.2, 0.25) is 0 Å². The number of carbonyl (C=O) groups is 2. The number of carbonyl (C=O) groups excluding carboxylic acids is 2. The normalized spacial score (nSPS) is 20.7. The number of rotatable bonds is 3. The lowest BCUT2D eigenvalue weighted by Gasteiger charge is -2.31. The summed E-state index contributed by atoms with van der Waals surface area (Å²) in [6.07, 6.45) is 4.27. The maximum Gasteiger partial charge on any atom is 0.340 e. The SMILES string of the molecule is C[C@@H](OC(=O)C1=CN2CCS(=O)(=O)N=C2C=C1)C(=O)N1CCc2ccccc2C1. The standard InChI is InChI=1S/C20H21N3O5S/c1-14(19(24)23-9-8-15-4-2-3-5-16(15)12-23)28-20(25)17-6-7-18-21-29(26,27)11-10-22(18)13-17/h2-7,13-14H,8-12H2,1H3/t14-/m1/s1. The monoisotopic (exact) mass is 415 g/mol. The zero-order valence-corrected chi connectivity index (χ0v) is 16.8. The van der Waals surface area contributed by atoms with Crippen molar-refractivity contribution >= 4 is 27.7 Å². The number of fused-ring (bicyclic) bond motifs is 2. The summed E-state index contributed by atoms with van der Waals surface area (Å²) in [5.74, 6) is -0.718. The maximum atomic E-state index is 12.7. The van der Waals surface area contributed by atoms with Crippen molar-refractivity contribution in [2.24, 2.45) is 4.40 Å². The summed E-state index contributed by atoms with van der Waals surface area (Å²) < 4.78 is 32.2. The van der Waals surface area contributed by atoms with Crippen LogP contribution < -0.4 is 0 Å². The van der Waals surface area contributed by atoms with Gasteiger partial charge in [-0.2, -0.15) is 0 Å². The van der Waals surface area contributed by atoms with Gasteiger partial charge in [0.05, 0.1) is 11.3 Å². The Labute approximate surface area is 169 Å². The molecule has 9 heteroatoms. The molecule has 152 valence electrons. The second kappa shape index (κ2) is 7.47. The second-order valence-corrected chi connectivity index (χ2v) is 8.93. The zero-order valence-electron chi connectivity index (χ0n) is 15.9. The van der Waals surface area contributed by atoms with Crippen LogP contribution >= 0.6 is 0 Å². The first-order chi connectivity index (χ1) is 13.8. The van der Waals surface area contributed by atoms with Crippen LogP contribution in [0.2, 0.25) is 0 Å². The highest BCUT2D eigenvalue weighted by Crippen LogP contribution is 2.21. The predicted octanol–water partition coefficient (Wildman–Crippen LogP) is 1.00. The van der Waals surface area contributed by atoms with E-state index in [1.165, 1.54) is 23.9 Å². The van der Waals surface area contributed by atoms with Gasteiger partial charge in [0, 0.05) is 25.8 Å². The van der Waals surface area contributed by atoms with E-state index in [1.54, 1.807) is 16.7 Å². The Morgan fingerprint density at radius 3 is 2.69 bits per heavy atom. The molecule has 0 N–H and O–H groups in total. The van der Waals surface area contributed by atoms with E-state index in [-0.39, 0.29) is 29.6 Å². The number of hydrogen-bond donors (Lipinski definition) is 0. The van der Waals surface area contributed by atoms with Gasteiger partial charge >= 0.3 is 5.97 Å². The van der Waals surface area contributed by atoms with Gasteiger partial charge in [-0.3, -0.25) is 4.79 Å². The molecule has 29 heavy (non-hydrogen) atoms. The van der Waals surface area contributed by atoms with Crippen molar-refractivity contribution in [1.82, 2.24) is 9.80 Å². The van der Waals surface area contributed by atoms with Crippen molar-refractivity contribution in [3.05, 3.63) is 59.3 Å². The van der Waals surface area contributed by atoms with Gasteiger partial charge in [0.25, 0.3) is 15.9 Å². The highest BCUT2D eigenvalue weighted by atomic mass is 32.2. The average molecular weight is 415 g/mol. The Morgan fingerprint density at radius 1 is 1.14 bits per heavy atom. The molecule has 4 rings (SSSR count). The van der Waals surface area contributed by atoms with Gasteiger partial charge in [0.1, 0.15) is 5.84 Å². The molecule has 0 aliphatic carbocycles. The van der Waals surface area contributed by atoms with E-state index >= 15 is 0 Å². The second-order valence-electron chi connectivity index (χ2n) is 7.17. The third kappa shape index (κ3) is 4.09. The summed E-state index contributed by atoms with van der Waals surface area (Å²) in [5, 5.41) is 0. The third-order valence-corrected chi connectivity index (χ3v) is 6.30. The van der Waals surface area contributed by atoms with Crippen molar-refractivity contribution in [3.8, 4) is 0 Å². The summed E-state index contributed by atoms with van der Waals surface area (Å²) in [4.78, 5) is 28.5. The number of ether oxygens (including phenoxy) is 1. The highest BCUT2D eigenvalue weighted by Gasteiger charge is 2.29. The number of amidine groups is 1.